The van der Waals surface area contributed by atoms with Gasteiger partial charge in [-0.2, -0.15) is 0 Å². The minimum atomic E-state index is -0.724. The molecule has 20 heavy (non-hydrogen) atoms. The number of aromatic nitrogens is 1. The van der Waals surface area contributed by atoms with Crippen LogP contribution < -0.4 is 0 Å². The van der Waals surface area contributed by atoms with Gasteiger partial charge in [0, 0.05) is 21.1 Å². The van der Waals surface area contributed by atoms with Gasteiger partial charge in [0.15, 0.2) is 0 Å². The number of rotatable bonds is 4. The fraction of sp³-hybridized carbons (Fsp3) is 0.364. The maximum atomic E-state index is 12.1. The molecule has 0 unspecified atom stereocenters. The Hall–Kier alpha value is -2.22. The molecule has 9 heteroatoms. The molecule has 0 aliphatic carbocycles. The van der Waals surface area contributed by atoms with Crippen LogP contribution >= 0.6 is 11.6 Å². The van der Waals surface area contributed by atoms with E-state index in [2.05, 4.69) is 4.98 Å². The number of nitro groups is 1. The SMILES string of the molecule is CN(C)C(=O)CN(C)C(=O)c1cc(Cl)ncc1[N+](=O)[O-]. The summed E-state index contributed by atoms with van der Waals surface area (Å²) >= 11 is 5.65. The van der Waals surface area contributed by atoms with Gasteiger partial charge in [-0.1, -0.05) is 11.6 Å². The first-order valence-electron chi connectivity index (χ1n) is 5.49. The molecule has 0 atom stereocenters. The molecule has 0 aromatic carbocycles. The van der Waals surface area contributed by atoms with E-state index in [1.54, 1.807) is 14.1 Å². The molecule has 108 valence electrons. The Morgan fingerprint density at radius 2 is 2.00 bits per heavy atom. The highest BCUT2D eigenvalue weighted by atomic mass is 35.5. The standard InChI is InChI=1S/C11H13ClN4O4/c1-14(2)10(17)6-15(3)11(18)7-4-9(12)13-5-8(7)16(19)20/h4-5H,6H2,1-3H3. The van der Waals surface area contributed by atoms with E-state index < -0.39 is 16.5 Å². The van der Waals surface area contributed by atoms with Gasteiger partial charge in [-0.15, -0.1) is 0 Å². The maximum absolute atomic E-state index is 12.1. The molecule has 8 nitrogen and oxygen atoms in total. The summed E-state index contributed by atoms with van der Waals surface area (Å²) in [5, 5.41) is 10.8. The molecule has 0 aliphatic rings. The van der Waals surface area contributed by atoms with Crippen molar-refractivity contribution in [3.05, 3.63) is 33.1 Å². The van der Waals surface area contributed by atoms with Gasteiger partial charge in [0.1, 0.15) is 16.9 Å². The van der Waals surface area contributed by atoms with Gasteiger partial charge in [-0.25, -0.2) is 4.98 Å². The van der Waals surface area contributed by atoms with Crippen LogP contribution in [0.4, 0.5) is 5.69 Å². The van der Waals surface area contributed by atoms with Gasteiger partial charge >= 0.3 is 0 Å². The van der Waals surface area contributed by atoms with E-state index in [1.807, 2.05) is 0 Å². The lowest BCUT2D eigenvalue weighted by atomic mass is 10.2. The van der Waals surface area contributed by atoms with Crippen LogP contribution in [0.5, 0.6) is 0 Å². The van der Waals surface area contributed by atoms with Crippen LogP contribution in [0.2, 0.25) is 5.15 Å². The first kappa shape index (κ1) is 15.8. The second-order valence-corrected chi connectivity index (χ2v) is 4.62. The second-order valence-electron chi connectivity index (χ2n) is 4.23. The molecule has 0 N–H and O–H groups in total. The van der Waals surface area contributed by atoms with Crippen molar-refractivity contribution in [1.82, 2.24) is 14.8 Å². The summed E-state index contributed by atoms with van der Waals surface area (Å²) in [6.07, 6.45) is 0.914. The van der Waals surface area contributed by atoms with E-state index in [1.165, 1.54) is 11.9 Å². The summed E-state index contributed by atoms with van der Waals surface area (Å²) in [6.45, 7) is -0.192. The highest BCUT2D eigenvalue weighted by Gasteiger charge is 2.25. The van der Waals surface area contributed by atoms with E-state index >= 15 is 0 Å². The predicted octanol–water partition coefficient (Wildman–Crippen LogP) is 0.803. The van der Waals surface area contributed by atoms with Gasteiger partial charge in [0.05, 0.1) is 11.5 Å². The Labute approximate surface area is 120 Å². The normalized spacial score (nSPS) is 10.0. The molecule has 1 heterocycles. The molecule has 0 aliphatic heterocycles. The fourth-order valence-electron chi connectivity index (χ4n) is 1.36. The second kappa shape index (κ2) is 6.29. The average molecular weight is 301 g/mol. The third-order valence-electron chi connectivity index (χ3n) is 2.49. The van der Waals surface area contributed by atoms with Crippen molar-refractivity contribution < 1.29 is 14.5 Å². The topological polar surface area (TPSA) is 96.7 Å². The van der Waals surface area contributed by atoms with Gasteiger partial charge in [0.25, 0.3) is 11.6 Å². The number of amides is 2. The zero-order chi connectivity index (χ0) is 15.4. The zero-order valence-electron chi connectivity index (χ0n) is 11.2. The third kappa shape index (κ3) is 3.64. The van der Waals surface area contributed by atoms with E-state index in [4.69, 9.17) is 11.6 Å². The maximum Gasteiger partial charge on any atom is 0.300 e. The molecule has 1 rings (SSSR count). The van der Waals surface area contributed by atoms with Crippen LogP contribution in [-0.4, -0.2) is 59.2 Å². The van der Waals surface area contributed by atoms with Gasteiger partial charge in [-0.05, 0) is 6.07 Å². The van der Waals surface area contributed by atoms with Crippen LogP contribution in [0.3, 0.4) is 0 Å². The van der Waals surface area contributed by atoms with Crippen molar-refractivity contribution in [3.63, 3.8) is 0 Å². The van der Waals surface area contributed by atoms with Crippen LogP contribution in [0.25, 0.3) is 0 Å². The summed E-state index contributed by atoms with van der Waals surface area (Å²) in [5.41, 5.74) is -0.660. The van der Waals surface area contributed by atoms with Crippen molar-refractivity contribution in [2.75, 3.05) is 27.7 Å². The van der Waals surface area contributed by atoms with E-state index in [0.29, 0.717) is 0 Å². The molecule has 2 amide bonds. The van der Waals surface area contributed by atoms with Crippen LogP contribution in [-0.2, 0) is 4.79 Å². The van der Waals surface area contributed by atoms with Crippen molar-refractivity contribution in [3.8, 4) is 0 Å². The van der Waals surface area contributed by atoms with Crippen molar-refractivity contribution >= 4 is 29.1 Å². The number of hydrogen-bond acceptors (Lipinski definition) is 5. The Balaban J connectivity index is 3.05. The summed E-state index contributed by atoms with van der Waals surface area (Å²) in [6, 6.07) is 1.11. The summed E-state index contributed by atoms with van der Waals surface area (Å²) in [5.74, 6) is -0.972. The lowest BCUT2D eigenvalue weighted by Crippen LogP contribution is -2.38. The van der Waals surface area contributed by atoms with Gasteiger partial charge < -0.3 is 9.80 Å². The number of carbonyl (C=O) groups is 2. The number of hydrogen-bond donors (Lipinski definition) is 0. The van der Waals surface area contributed by atoms with Crippen LogP contribution in [0.1, 0.15) is 10.4 Å². The number of pyridine rings is 1. The molecule has 0 radical (unpaired) electrons. The Kier molecular flexibility index (Phi) is 4.98. The van der Waals surface area contributed by atoms with Gasteiger partial charge in [-0.3, -0.25) is 19.7 Å². The monoisotopic (exact) mass is 300 g/mol. The van der Waals surface area contributed by atoms with Crippen molar-refractivity contribution in [1.29, 1.82) is 0 Å². The molecule has 0 saturated carbocycles. The highest BCUT2D eigenvalue weighted by molar-refractivity contribution is 6.29. The molecule has 0 spiro atoms. The predicted molar refractivity (Wildman–Crippen MR) is 71.6 cm³/mol. The smallest absolute Gasteiger partial charge is 0.300 e. The Morgan fingerprint density at radius 3 is 2.50 bits per heavy atom. The zero-order valence-corrected chi connectivity index (χ0v) is 11.9. The van der Waals surface area contributed by atoms with Gasteiger partial charge in [0.2, 0.25) is 5.91 Å². The number of halogens is 1. The lowest BCUT2D eigenvalue weighted by Gasteiger charge is -2.19. The number of likely N-dealkylation sites (N-methyl/N-ethyl adjacent to an activating group) is 2. The van der Waals surface area contributed by atoms with Crippen molar-refractivity contribution in [2.45, 2.75) is 0 Å². The minimum absolute atomic E-state index is 0.0358. The lowest BCUT2D eigenvalue weighted by molar-refractivity contribution is -0.385. The molecule has 0 fully saturated rings. The number of carbonyl (C=O) groups excluding carboxylic acids is 2. The minimum Gasteiger partial charge on any atom is -0.347 e. The third-order valence-corrected chi connectivity index (χ3v) is 2.70. The quantitative estimate of drug-likeness (QED) is 0.465. The number of nitrogens with zero attached hydrogens (tertiary/aromatic N) is 4. The summed E-state index contributed by atoms with van der Waals surface area (Å²) in [4.78, 5) is 39.8. The Morgan fingerprint density at radius 1 is 1.40 bits per heavy atom. The highest BCUT2D eigenvalue weighted by Crippen LogP contribution is 2.21. The summed E-state index contributed by atoms with van der Waals surface area (Å²) < 4.78 is 0. The van der Waals surface area contributed by atoms with E-state index in [9.17, 15) is 19.7 Å². The van der Waals surface area contributed by atoms with Crippen LogP contribution in [0, 0.1) is 10.1 Å². The van der Waals surface area contributed by atoms with Crippen LogP contribution in [0.15, 0.2) is 12.3 Å². The first-order chi connectivity index (χ1) is 9.23. The van der Waals surface area contributed by atoms with Crippen molar-refractivity contribution in [2.24, 2.45) is 0 Å². The largest absolute Gasteiger partial charge is 0.347 e. The fourth-order valence-corrected chi connectivity index (χ4v) is 1.52. The molecular weight excluding hydrogens is 288 g/mol. The molecule has 0 bridgehead atoms. The van der Waals surface area contributed by atoms with E-state index in [-0.39, 0.29) is 23.2 Å². The molecule has 0 saturated heterocycles. The molecular formula is C11H13ClN4O4. The Bertz CT molecular complexity index is 561. The molecule has 1 aromatic heterocycles. The first-order valence-corrected chi connectivity index (χ1v) is 5.87. The summed E-state index contributed by atoms with van der Waals surface area (Å²) in [7, 11) is 4.47. The molecule has 1 aromatic rings. The average Bonchev–Trinajstić information content (AvgIpc) is 2.36. The van der Waals surface area contributed by atoms with E-state index in [0.717, 1.165) is 17.2 Å².